The molecule has 1 heterocycles. The summed E-state index contributed by atoms with van der Waals surface area (Å²) in [4.78, 5) is 28.2. The summed E-state index contributed by atoms with van der Waals surface area (Å²) in [5.41, 5.74) is 1.10. The summed E-state index contributed by atoms with van der Waals surface area (Å²) < 4.78 is 0. The second-order valence-electron chi connectivity index (χ2n) is 9.59. The molecule has 4 aliphatic carbocycles. The number of nitrogens with zero attached hydrogens (tertiary/aromatic N) is 1. The molecule has 0 spiro atoms. The number of thioether (sulfide) groups is 1. The molecule has 6 heteroatoms. The van der Waals surface area contributed by atoms with E-state index in [9.17, 15) is 9.59 Å². The number of rotatable bonds is 6. The van der Waals surface area contributed by atoms with E-state index in [2.05, 4.69) is 5.32 Å². The van der Waals surface area contributed by atoms with Crippen LogP contribution in [0.1, 0.15) is 56.9 Å². The van der Waals surface area contributed by atoms with Gasteiger partial charge < -0.3 is 5.32 Å². The van der Waals surface area contributed by atoms with Crippen LogP contribution in [0.4, 0.5) is 4.79 Å². The van der Waals surface area contributed by atoms with Gasteiger partial charge in [-0.15, -0.1) is 0 Å². The predicted octanol–water partition coefficient (Wildman–Crippen LogP) is 5.39. The monoisotopic (exact) mass is 440 g/mol. The van der Waals surface area contributed by atoms with Gasteiger partial charge in [-0.3, -0.25) is 14.5 Å². The fraction of sp³-hybridized carbons (Fsp3) is 0.542. The van der Waals surface area contributed by atoms with Crippen LogP contribution in [0.25, 0.3) is 6.08 Å². The fourth-order valence-corrected chi connectivity index (χ4v) is 7.70. The van der Waals surface area contributed by atoms with Crippen molar-refractivity contribution in [3.63, 3.8) is 0 Å². The van der Waals surface area contributed by atoms with Gasteiger partial charge in [-0.25, -0.2) is 0 Å². The molecule has 0 unspecified atom stereocenters. The minimum absolute atomic E-state index is 0.0383. The van der Waals surface area contributed by atoms with Gasteiger partial charge in [0.15, 0.2) is 0 Å². The molecule has 5 aliphatic rings. The molecule has 4 bridgehead atoms. The van der Waals surface area contributed by atoms with Gasteiger partial charge in [0.05, 0.1) is 4.91 Å². The van der Waals surface area contributed by atoms with Crippen LogP contribution in [0.5, 0.6) is 0 Å². The van der Waals surface area contributed by atoms with E-state index in [0.717, 1.165) is 28.2 Å². The van der Waals surface area contributed by atoms with E-state index in [4.69, 9.17) is 12.2 Å². The maximum Gasteiger partial charge on any atom is 0.291 e. The number of thiocarbonyl (C=S) groups is 1. The first kappa shape index (κ1) is 20.3. The molecule has 2 amide bonds. The topological polar surface area (TPSA) is 49.4 Å². The number of benzene rings is 1. The fourth-order valence-electron chi connectivity index (χ4n) is 6.41. The zero-order chi connectivity index (χ0) is 20.7. The van der Waals surface area contributed by atoms with E-state index >= 15 is 0 Å². The van der Waals surface area contributed by atoms with Crippen LogP contribution < -0.4 is 5.32 Å². The van der Waals surface area contributed by atoms with E-state index in [1.807, 2.05) is 36.4 Å². The Morgan fingerprint density at radius 1 is 1.13 bits per heavy atom. The van der Waals surface area contributed by atoms with Crippen molar-refractivity contribution in [3.8, 4) is 0 Å². The van der Waals surface area contributed by atoms with Gasteiger partial charge in [0.25, 0.3) is 5.24 Å². The van der Waals surface area contributed by atoms with Gasteiger partial charge in [0.2, 0.25) is 5.91 Å². The van der Waals surface area contributed by atoms with Crippen LogP contribution in [0.2, 0.25) is 0 Å². The van der Waals surface area contributed by atoms with E-state index in [1.54, 1.807) is 4.90 Å². The van der Waals surface area contributed by atoms with Gasteiger partial charge in [0.1, 0.15) is 4.99 Å². The Hall–Kier alpha value is -1.66. The van der Waals surface area contributed by atoms with Gasteiger partial charge >= 0.3 is 0 Å². The summed E-state index contributed by atoms with van der Waals surface area (Å²) in [5.74, 6) is 2.61. The van der Waals surface area contributed by atoms with Crippen LogP contribution in [0.3, 0.4) is 0 Å². The molecule has 1 N–H and O–H groups in total. The summed E-state index contributed by atoms with van der Waals surface area (Å²) in [7, 11) is 0. The van der Waals surface area contributed by atoms with E-state index < -0.39 is 0 Å². The third-order valence-electron chi connectivity index (χ3n) is 7.20. The number of hydrogen-bond acceptors (Lipinski definition) is 4. The lowest BCUT2D eigenvalue weighted by molar-refractivity contribution is -0.127. The van der Waals surface area contributed by atoms with Crippen molar-refractivity contribution in [2.45, 2.75) is 56.9 Å². The standard InChI is InChI=1S/C24H28N2O2S2/c27-21(25-24-13-17-9-18(14-24)11-19(10-17)15-24)7-4-8-26-22(29)20(30-23(26)28)12-16-5-2-1-3-6-16/h1-3,5-6,12,17-19H,4,7-11,13-15H2,(H,25,27)/b20-12+. The van der Waals surface area contributed by atoms with Gasteiger partial charge in [-0.1, -0.05) is 42.5 Å². The number of carbonyl (C=O) groups excluding carboxylic acids is 2. The highest BCUT2D eigenvalue weighted by Gasteiger charge is 2.51. The molecule has 1 aliphatic heterocycles. The van der Waals surface area contributed by atoms with E-state index in [0.29, 0.717) is 24.4 Å². The van der Waals surface area contributed by atoms with Crippen LogP contribution >= 0.6 is 24.0 Å². The van der Waals surface area contributed by atoms with Crippen LogP contribution in [-0.2, 0) is 4.79 Å². The Bertz CT molecular complexity index is 860. The normalized spacial score (nSPS) is 33.5. The van der Waals surface area contributed by atoms with Gasteiger partial charge in [-0.2, -0.15) is 0 Å². The molecule has 30 heavy (non-hydrogen) atoms. The molecule has 1 saturated heterocycles. The summed E-state index contributed by atoms with van der Waals surface area (Å²) in [6.45, 7) is 0.505. The molecule has 6 rings (SSSR count). The third-order valence-corrected chi connectivity index (χ3v) is 8.69. The molecule has 0 radical (unpaired) electrons. The second-order valence-corrected chi connectivity index (χ2v) is 11.0. The molecule has 1 aromatic rings. The predicted molar refractivity (Wildman–Crippen MR) is 125 cm³/mol. The van der Waals surface area contributed by atoms with Crippen molar-refractivity contribution >= 4 is 46.2 Å². The van der Waals surface area contributed by atoms with Crippen molar-refractivity contribution in [1.29, 1.82) is 0 Å². The Kier molecular flexibility index (Phi) is 5.48. The average Bonchev–Trinajstić information content (AvgIpc) is 2.94. The zero-order valence-electron chi connectivity index (χ0n) is 17.1. The Balaban J connectivity index is 1.13. The molecular weight excluding hydrogens is 412 g/mol. The average molecular weight is 441 g/mol. The quantitative estimate of drug-likeness (QED) is 0.476. The minimum Gasteiger partial charge on any atom is -0.351 e. The first-order chi connectivity index (χ1) is 14.5. The summed E-state index contributed by atoms with van der Waals surface area (Å²) in [6, 6.07) is 9.90. The molecular formula is C24H28N2O2S2. The molecule has 0 aromatic heterocycles. The SMILES string of the molecule is O=C(CCCN1C(=O)S/C(=C/c2ccccc2)C1=S)NC12CC3CC(CC(C3)C1)C2. The summed E-state index contributed by atoms with van der Waals surface area (Å²) >= 11 is 6.72. The van der Waals surface area contributed by atoms with Crippen molar-refractivity contribution in [2.24, 2.45) is 17.8 Å². The second kappa shape index (κ2) is 8.12. The van der Waals surface area contributed by atoms with Crippen molar-refractivity contribution in [3.05, 3.63) is 40.8 Å². The molecule has 158 valence electrons. The van der Waals surface area contributed by atoms with Crippen LogP contribution in [0.15, 0.2) is 35.2 Å². The van der Waals surface area contributed by atoms with Crippen LogP contribution in [0, 0.1) is 17.8 Å². The maximum atomic E-state index is 12.7. The van der Waals surface area contributed by atoms with E-state index in [-0.39, 0.29) is 16.7 Å². The summed E-state index contributed by atoms with van der Waals surface area (Å²) in [5, 5.41) is 3.38. The Labute approximate surface area is 187 Å². The van der Waals surface area contributed by atoms with Crippen molar-refractivity contribution in [1.82, 2.24) is 10.2 Å². The Morgan fingerprint density at radius 3 is 2.40 bits per heavy atom. The zero-order valence-corrected chi connectivity index (χ0v) is 18.8. The largest absolute Gasteiger partial charge is 0.351 e. The number of carbonyl (C=O) groups is 2. The lowest BCUT2D eigenvalue weighted by atomic mass is 9.53. The maximum absolute atomic E-state index is 12.7. The summed E-state index contributed by atoms with van der Waals surface area (Å²) in [6.07, 6.45) is 10.7. The molecule has 4 saturated carbocycles. The van der Waals surface area contributed by atoms with E-state index in [1.165, 1.54) is 50.3 Å². The first-order valence-corrected chi connectivity index (χ1v) is 12.3. The highest BCUT2D eigenvalue weighted by atomic mass is 32.2. The van der Waals surface area contributed by atoms with Gasteiger partial charge in [0, 0.05) is 18.5 Å². The number of nitrogens with one attached hydrogen (secondary N) is 1. The first-order valence-electron chi connectivity index (χ1n) is 11.1. The van der Waals surface area contributed by atoms with Crippen molar-refractivity contribution in [2.75, 3.05) is 6.54 Å². The lowest BCUT2D eigenvalue weighted by Gasteiger charge is -2.56. The molecule has 5 fully saturated rings. The minimum atomic E-state index is -0.0383. The Morgan fingerprint density at radius 2 is 1.77 bits per heavy atom. The molecule has 1 aromatic carbocycles. The smallest absolute Gasteiger partial charge is 0.291 e. The van der Waals surface area contributed by atoms with Crippen molar-refractivity contribution < 1.29 is 9.59 Å². The lowest BCUT2D eigenvalue weighted by Crippen LogP contribution is -2.59. The number of hydrogen-bond donors (Lipinski definition) is 1. The number of amides is 2. The van der Waals surface area contributed by atoms with Crippen LogP contribution in [-0.4, -0.2) is 33.1 Å². The third kappa shape index (κ3) is 4.09. The van der Waals surface area contributed by atoms with Gasteiger partial charge in [-0.05, 0) is 86.1 Å². The highest BCUT2D eigenvalue weighted by Crippen LogP contribution is 2.55. The molecule has 4 nitrogen and oxygen atoms in total. The molecule has 0 atom stereocenters. The highest BCUT2D eigenvalue weighted by molar-refractivity contribution is 8.19.